The third-order valence-electron chi connectivity index (χ3n) is 1.82. The fraction of sp³-hybridized carbons (Fsp3) is 0.833. The maximum atomic E-state index is 2.34. The lowest BCUT2D eigenvalue weighted by Crippen LogP contribution is -1.89. The third-order valence-corrected chi connectivity index (χ3v) is 1.82. The Hall–Kier alpha value is -0.260. The van der Waals surface area contributed by atoms with Crippen molar-refractivity contribution in [2.75, 3.05) is 0 Å². The Morgan fingerprint density at radius 1 is 0.833 bits per heavy atom. The molecule has 0 N–H and O–H groups in total. The van der Waals surface area contributed by atoms with E-state index in [1.54, 1.807) is 0 Å². The third kappa shape index (κ3) is 9.74. The summed E-state index contributed by atoms with van der Waals surface area (Å²) in [6.45, 7) is 10.3. The highest BCUT2D eigenvalue weighted by atomic mass is 14.1. The van der Waals surface area contributed by atoms with Crippen molar-refractivity contribution in [2.24, 2.45) is 5.92 Å². The maximum absolute atomic E-state index is 2.34. The van der Waals surface area contributed by atoms with E-state index in [1.807, 2.05) is 27.7 Å². The normalized spacial score (nSPS) is 16.4. The van der Waals surface area contributed by atoms with E-state index < -0.39 is 0 Å². The molecule has 0 heterocycles. The molecule has 0 atom stereocenters. The average molecular weight is 170 g/mol. The zero-order valence-corrected chi connectivity index (χ0v) is 9.56. The molecule has 1 aliphatic rings. The summed E-state index contributed by atoms with van der Waals surface area (Å²) in [7, 11) is 0. The molecule has 12 heavy (non-hydrogen) atoms. The van der Waals surface area contributed by atoms with Gasteiger partial charge in [0.2, 0.25) is 0 Å². The summed E-state index contributed by atoms with van der Waals surface area (Å²) >= 11 is 0. The predicted octanol–water partition coefficient (Wildman–Crippen LogP) is 4.81. The molecule has 0 bridgehead atoms. The molecule has 0 saturated heterocycles. The first-order valence-corrected chi connectivity index (χ1v) is 5.54. The van der Waals surface area contributed by atoms with Crippen molar-refractivity contribution in [3.05, 3.63) is 12.2 Å². The van der Waals surface area contributed by atoms with Crippen LogP contribution in [-0.2, 0) is 0 Å². The molecule has 0 fully saturated rings. The van der Waals surface area contributed by atoms with E-state index in [0.29, 0.717) is 0 Å². The molecule has 0 aromatic heterocycles. The van der Waals surface area contributed by atoms with Crippen molar-refractivity contribution in [2.45, 2.75) is 60.3 Å². The molecule has 0 aromatic rings. The van der Waals surface area contributed by atoms with E-state index in [1.165, 1.54) is 25.7 Å². The van der Waals surface area contributed by atoms with E-state index >= 15 is 0 Å². The largest absolute Gasteiger partial charge is 0.0885 e. The molecule has 0 nitrogen and oxygen atoms in total. The maximum Gasteiger partial charge on any atom is -0.0348 e. The van der Waals surface area contributed by atoms with Gasteiger partial charge in [0.15, 0.2) is 0 Å². The van der Waals surface area contributed by atoms with Crippen molar-refractivity contribution in [1.29, 1.82) is 0 Å². The smallest absolute Gasteiger partial charge is 0.0348 e. The molecule has 0 aliphatic heterocycles. The molecule has 0 aromatic carbocycles. The Kier molecular flexibility index (Phi) is 15.9. The van der Waals surface area contributed by atoms with Crippen molar-refractivity contribution >= 4 is 0 Å². The highest BCUT2D eigenvalue weighted by Crippen LogP contribution is 2.16. The number of hydrogen-bond donors (Lipinski definition) is 0. The van der Waals surface area contributed by atoms with Gasteiger partial charge in [0.05, 0.1) is 0 Å². The van der Waals surface area contributed by atoms with Crippen molar-refractivity contribution in [1.82, 2.24) is 0 Å². The SMILES string of the molecule is CC.CC.CC1CCC=CCC1. The van der Waals surface area contributed by atoms with Crippen LogP contribution in [0.3, 0.4) is 0 Å². The Labute approximate surface area is 79.1 Å². The quantitative estimate of drug-likeness (QED) is 0.458. The first-order chi connectivity index (χ1) is 5.89. The fourth-order valence-corrected chi connectivity index (χ4v) is 1.14. The van der Waals surface area contributed by atoms with Gasteiger partial charge in [-0.2, -0.15) is 0 Å². The Morgan fingerprint density at radius 2 is 1.17 bits per heavy atom. The molecule has 0 spiro atoms. The highest BCUT2D eigenvalue weighted by Gasteiger charge is 2.00. The van der Waals surface area contributed by atoms with Crippen LogP contribution in [0.1, 0.15) is 60.3 Å². The van der Waals surface area contributed by atoms with E-state index in [-0.39, 0.29) is 0 Å². The van der Waals surface area contributed by atoms with Crippen LogP contribution in [0.15, 0.2) is 12.2 Å². The fourth-order valence-electron chi connectivity index (χ4n) is 1.14. The summed E-state index contributed by atoms with van der Waals surface area (Å²) in [5, 5.41) is 0. The monoisotopic (exact) mass is 170 g/mol. The minimum atomic E-state index is 0.963. The van der Waals surface area contributed by atoms with Crippen LogP contribution in [0.5, 0.6) is 0 Å². The number of allylic oxidation sites excluding steroid dienone is 2. The van der Waals surface area contributed by atoms with Gasteiger partial charge in [-0.3, -0.25) is 0 Å². The van der Waals surface area contributed by atoms with Crippen LogP contribution in [0, 0.1) is 5.92 Å². The van der Waals surface area contributed by atoms with Gasteiger partial charge in [0.25, 0.3) is 0 Å². The highest BCUT2D eigenvalue weighted by molar-refractivity contribution is 4.85. The Morgan fingerprint density at radius 3 is 1.50 bits per heavy atom. The van der Waals surface area contributed by atoms with Crippen molar-refractivity contribution in [3.8, 4) is 0 Å². The second kappa shape index (κ2) is 13.3. The van der Waals surface area contributed by atoms with Crippen LogP contribution < -0.4 is 0 Å². The van der Waals surface area contributed by atoms with Gasteiger partial charge in [0.1, 0.15) is 0 Å². The number of rotatable bonds is 0. The molecule has 74 valence electrons. The van der Waals surface area contributed by atoms with Crippen LogP contribution in [0.25, 0.3) is 0 Å². The van der Waals surface area contributed by atoms with Gasteiger partial charge >= 0.3 is 0 Å². The lowest BCUT2D eigenvalue weighted by Gasteiger charge is -2.02. The molecular weight excluding hydrogens is 144 g/mol. The summed E-state index contributed by atoms with van der Waals surface area (Å²) in [5.41, 5.74) is 0. The minimum Gasteiger partial charge on any atom is -0.0885 e. The molecule has 1 aliphatic carbocycles. The molecular formula is C12H26. The van der Waals surface area contributed by atoms with Crippen molar-refractivity contribution in [3.63, 3.8) is 0 Å². The second-order valence-corrected chi connectivity index (χ2v) is 2.73. The molecule has 0 heteroatoms. The van der Waals surface area contributed by atoms with E-state index in [4.69, 9.17) is 0 Å². The lowest BCUT2D eigenvalue weighted by molar-refractivity contribution is 0.513. The van der Waals surface area contributed by atoms with E-state index in [2.05, 4.69) is 19.1 Å². The summed E-state index contributed by atoms with van der Waals surface area (Å²) in [6.07, 6.45) is 10.0. The van der Waals surface area contributed by atoms with Crippen LogP contribution in [0.4, 0.5) is 0 Å². The van der Waals surface area contributed by atoms with E-state index in [9.17, 15) is 0 Å². The van der Waals surface area contributed by atoms with Gasteiger partial charge in [-0.15, -0.1) is 0 Å². The van der Waals surface area contributed by atoms with Crippen LogP contribution in [0.2, 0.25) is 0 Å². The first kappa shape index (κ1) is 14.3. The van der Waals surface area contributed by atoms with Crippen LogP contribution >= 0.6 is 0 Å². The van der Waals surface area contributed by atoms with Crippen molar-refractivity contribution < 1.29 is 0 Å². The molecule has 0 amide bonds. The summed E-state index contributed by atoms with van der Waals surface area (Å²) in [6, 6.07) is 0. The van der Waals surface area contributed by atoms with Gasteiger partial charge in [-0.05, 0) is 31.6 Å². The average Bonchev–Trinajstić information content (AvgIpc) is 2.40. The van der Waals surface area contributed by atoms with Gasteiger partial charge < -0.3 is 0 Å². The van der Waals surface area contributed by atoms with Gasteiger partial charge in [0, 0.05) is 0 Å². The summed E-state index contributed by atoms with van der Waals surface area (Å²) in [4.78, 5) is 0. The Bertz CT molecular complexity index is 72.0. The lowest BCUT2D eigenvalue weighted by atomic mass is 10.0. The Balaban J connectivity index is 0. The molecule has 0 saturated carbocycles. The zero-order chi connectivity index (χ0) is 9.82. The molecule has 0 radical (unpaired) electrons. The standard InChI is InChI=1S/C8H14.2C2H6/c1-8-6-4-2-3-5-7-8;2*1-2/h2-3,8H,4-7H2,1H3;2*1-2H3. The summed E-state index contributed by atoms with van der Waals surface area (Å²) < 4.78 is 0. The number of hydrogen-bond acceptors (Lipinski definition) is 0. The van der Waals surface area contributed by atoms with Gasteiger partial charge in [-0.1, -0.05) is 46.8 Å². The molecule has 1 rings (SSSR count). The van der Waals surface area contributed by atoms with E-state index in [0.717, 1.165) is 5.92 Å². The summed E-state index contributed by atoms with van der Waals surface area (Å²) in [5.74, 6) is 0.963. The first-order valence-electron chi connectivity index (χ1n) is 5.54. The second-order valence-electron chi connectivity index (χ2n) is 2.73. The van der Waals surface area contributed by atoms with Crippen LogP contribution in [-0.4, -0.2) is 0 Å². The zero-order valence-electron chi connectivity index (χ0n) is 9.56. The van der Waals surface area contributed by atoms with Gasteiger partial charge in [-0.25, -0.2) is 0 Å². The minimum absolute atomic E-state index is 0.963. The topological polar surface area (TPSA) is 0 Å². The molecule has 0 unspecified atom stereocenters. The predicted molar refractivity (Wildman–Crippen MR) is 59.5 cm³/mol.